The van der Waals surface area contributed by atoms with Gasteiger partial charge in [0, 0.05) is 24.4 Å². The summed E-state index contributed by atoms with van der Waals surface area (Å²) < 4.78 is 7.44. The van der Waals surface area contributed by atoms with E-state index >= 15 is 0 Å². The number of ether oxygens (including phenoxy) is 1. The third-order valence-corrected chi connectivity index (χ3v) is 4.62. The molecule has 0 fully saturated rings. The van der Waals surface area contributed by atoms with Gasteiger partial charge in [0.2, 0.25) is 5.65 Å². The first kappa shape index (κ1) is 17.2. The highest BCUT2D eigenvalue weighted by atomic mass is 16.5. The molecular weight excluding hydrogens is 342 g/mol. The molecule has 0 atom stereocenters. The standard InChI is InChI=1S/C19H21N7O/c20-17-16-14(8-11-27-10-3-5-13-4-2-9-22-12-13)6-1-7-15(16)26-19(18(17)21)23-24-25-26/h1-2,4,6-7,9,12H,3,5,8,10-11,20-21H2. The third kappa shape index (κ3) is 3.39. The van der Waals surface area contributed by atoms with Crippen LogP contribution < -0.4 is 11.5 Å². The number of fused-ring (bicyclic) bond motifs is 3. The molecule has 1 aromatic carbocycles. The fraction of sp³-hybridized carbons (Fsp3) is 0.263. The van der Waals surface area contributed by atoms with Crippen molar-refractivity contribution in [2.45, 2.75) is 19.3 Å². The third-order valence-electron chi connectivity index (χ3n) is 4.62. The molecule has 0 saturated heterocycles. The normalized spacial score (nSPS) is 11.4. The van der Waals surface area contributed by atoms with Gasteiger partial charge in [0.05, 0.1) is 17.8 Å². The van der Waals surface area contributed by atoms with E-state index < -0.39 is 0 Å². The Morgan fingerprint density at radius 1 is 1.00 bits per heavy atom. The quantitative estimate of drug-likeness (QED) is 0.482. The lowest BCUT2D eigenvalue weighted by Crippen LogP contribution is -2.06. The van der Waals surface area contributed by atoms with Crippen molar-refractivity contribution in [3.8, 4) is 0 Å². The molecule has 138 valence electrons. The van der Waals surface area contributed by atoms with Crippen molar-refractivity contribution in [3.63, 3.8) is 0 Å². The molecule has 0 radical (unpaired) electrons. The van der Waals surface area contributed by atoms with Crippen molar-refractivity contribution in [1.29, 1.82) is 0 Å². The topological polar surface area (TPSA) is 117 Å². The highest BCUT2D eigenvalue weighted by molar-refractivity contribution is 6.03. The van der Waals surface area contributed by atoms with Crippen molar-refractivity contribution >= 4 is 27.9 Å². The average Bonchev–Trinajstić information content (AvgIpc) is 3.19. The summed E-state index contributed by atoms with van der Waals surface area (Å²) >= 11 is 0. The first-order chi connectivity index (χ1) is 13.3. The second kappa shape index (κ2) is 7.55. The number of anilines is 2. The number of hydrogen-bond acceptors (Lipinski definition) is 7. The minimum Gasteiger partial charge on any atom is -0.396 e. The summed E-state index contributed by atoms with van der Waals surface area (Å²) in [5.74, 6) is 0. The van der Waals surface area contributed by atoms with E-state index in [9.17, 15) is 0 Å². The summed E-state index contributed by atoms with van der Waals surface area (Å²) in [5.41, 5.74) is 16.9. The molecule has 0 aliphatic carbocycles. The van der Waals surface area contributed by atoms with E-state index in [2.05, 4.69) is 26.6 Å². The molecule has 0 aliphatic rings. The lowest BCUT2D eigenvalue weighted by molar-refractivity contribution is 0.135. The van der Waals surface area contributed by atoms with Crippen molar-refractivity contribution in [1.82, 2.24) is 25.0 Å². The monoisotopic (exact) mass is 363 g/mol. The van der Waals surface area contributed by atoms with Gasteiger partial charge in [-0.05, 0) is 52.9 Å². The summed E-state index contributed by atoms with van der Waals surface area (Å²) in [6.45, 7) is 1.31. The fourth-order valence-electron chi connectivity index (χ4n) is 3.26. The number of aromatic nitrogens is 5. The number of nitrogens with two attached hydrogens (primary N) is 2. The lowest BCUT2D eigenvalue weighted by Gasteiger charge is -2.12. The fourth-order valence-corrected chi connectivity index (χ4v) is 3.26. The molecule has 0 unspecified atom stereocenters. The van der Waals surface area contributed by atoms with Crippen LogP contribution in [0.1, 0.15) is 17.5 Å². The Balaban J connectivity index is 1.43. The number of nitrogens with zero attached hydrogens (tertiary/aromatic N) is 5. The Morgan fingerprint density at radius 2 is 1.93 bits per heavy atom. The van der Waals surface area contributed by atoms with Crippen LogP contribution in [0, 0.1) is 0 Å². The second-order valence-corrected chi connectivity index (χ2v) is 6.38. The maximum atomic E-state index is 6.28. The van der Waals surface area contributed by atoms with Crippen molar-refractivity contribution in [2.24, 2.45) is 0 Å². The van der Waals surface area contributed by atoms with E-state index in [1.165, 1.54) is 5.56 Å². The van der Waals surface area contributed by atoms with E-state index in [0.717, 1.165) is 35.7 Å². The van der Waals surface area contributed by atoms with Gasteiger partial charge in [0.25, 0.3) is 0 Å². The predicted octanol–water partition coefficient (Wildman–Crippen LogP) is 2.03. The van der Waals surface area contributed by atoms with Gasteiger partial charge in [0.15, 0.2) is 0 Å². The molecule has 8 nitrogen and oxygen atoms in total. The smallest absolute Gasteiger partial charge is 0.204 e. The minimum atomic E-state index is 0.400. The van der Waals surface area contributed by atoms with Crippen LogP contribution in [0.2, 0.25) is 0 Å². The maximum Gasteiger partial charge on any atom is 0.204 e. The van der Waals surface area contributed by atoms with Gasteiger partial charge in [0.1, 0.15) is 5.69 Å². The van der Waals surface area contributed by atoms with Crippen molar-refractivity contribution in [2.75, 3.05) is 24.7 Å². The highest BCUT2D eigenvalue weighted by Gasteiger charge is 2.15. The number of benzene rings is 1. The molecule has 4 rings (SSSR count). The van der Waals surface area contributed by atoms with Crippen molar-refractivity contribution in [3.05, 3.63) is 53.9 Å². The van der Waals surface area contributed by atoms with E-state index in [1.54, 1.807) is 10.7 Å². The van der Waals surface area contributed by atoms with Gasteiger partial charge in [-0.3, -0.25) is 4.98 Å². The Kier molecular flexibility index (Phi) is 4.80. The maximum absolute atomic E-state index is 6.28. The first-order valence-corrected chi connectivity index (χ1v) is 8.89. The van der Waals surface area contributed by atoms with Gasteiger partial charge in [-0.1, -0.05) is 18.2 Å². The van der Waals surface area contributed by atoms with Crippen LogP contribution in [0.15, 0.2) is 42.7 Å². The van der Waals surface area contributed by atoms with Crippen LogP contribution in [-0.4, -0.2) is 38.2 Å². The molecule has 4 N–H and O–H groups in total. The number of rotatable bonds is 7. The number of hydrogen-bond donors (Lipinski definition) is 2. The Hall–Kier alpha value is -3.26. The highest BCUT2D eigenvalue weighted by Crippen LogP contribution is 2.32. The molecular formula is C19H21N7O. The molecule has 3 aromatic heterocycles. The number of pyridine rings is 2. The molecule has 0 amide bonds. The summed E-state index contributed by atoms with van der Waals surface area (Å²) in [4.78, 5) is 4.12. The zero-order valence-corrected chi connectivity index (χ0v) is 14.9. The van der Waals surface area contributed by atoms with Crippen LogP contribution in [0.3, 0.4) is 0 Å². The molecule has 0 bridgehead atoms. The van der Waals surface area contributed by atoms with Crippen LogP contribution in [-0.2, 0) is 17.6 Å². The zero-order chi connectivity index (χ0) is 18.6. The van der Waals surface area contributed by atoms with Crippen LogP contribution in [0.25, 0.3) is 16.6 Å². The number of tetrazole rings is 1. The van der Waals surface area contributed by atoms with Crippen LogP contribution in [0.5, 0.6) is 0 Å². The summed E-state index contributed by atoms with van der Waals surface area (Å²) in [6, 6.07) is 9.97. The molecule has 4 aromatic rings. The summed E-state index contributed by atoms with van der Waals surface area (Å²) in [5, 5.41) is 12.6. The number of nitrogen functional groups attached to an aromatic ring is 2. The molecule has 0 aliphatic heterocycles. The lowest BCUT2D eigenvalue weighted by atomic mass is 10.0. The Bertz CT molecular complexity index is 1060. The number of aryl methyl sites for hydroxylation is 1. The van der Waals surface area contributed by atoms with Gasteiger partial charge in [-0.15, -0.1) is 5.10 Å². The predicted molar refractivity (Wildman–Crippen MR) is 104 cm³/mol. The van der Waals surface area contributed by atoms with Gasteiger partial charge < -0.3 is 16.2 Å². The van der Waals surface area contributed by atoms with Crippen LogP contribution >= 0.6 is 0 Å². The Morgan fingerprint density at radius 3 is 2.78 bits per heavy atom. The van der Waals surface area contributed by atoms with E-state index in [-0.39, 0.29) is 0 Å². The minimum absolute atomic E-state index is 0.400. The largest absolute Gasteiger partial charge is 0.396 e. The Labute approximate surface area is 156 Å². The molecule has 3 heterocycles. The van der Waals surface area contributed by atoms with E-state index in [0.29, 0.717) is 30.2 Å². The molecule has 27 heavy (non-hydrogen) atoms. The molecule has 0 spiro atoms. The van der Waals surface area contributed by atoms with Gasteiger partial charge in [-0.25, -0.2) is 0 Å². The molecule has 0 saturated carbocycles. The van der Waals surface area contributed by atoms with Gasteiger partial charge in [-0.2, -0.15) is 4.52 Å². The summed E-state index contributed by atoms with van der Waals surface area (Å²) in [6.07, 6.45) is 6.33. The molecule has 8 heteroatoms. The first-order valence-electron chi connectivity index (χ1n) is 8.89. The average molecular weight is 363 g/mol. The van der Waals surface area contributed by atoms with E-state index in [4.69, 9.17) is 16.2 Å². The van der Waals surface area contributed by atoms with E-state index in [1.807, 2.05) is 30.5 Å². The second-order valence-electron chi connectivity index (χ2n) is 6.38. The van der Waals surface area contributed by atoms with Crippen LogP contribution in [0.4, 0.5) is 11.4 Å². The SMILES string of the molecule is Nc1c(N)c2nnnn2c2cccc(CCOCCCc3cccnc3)c12. The zero-order valence-electron chi connectivity index (χ0n) is 14.9. The van der Waals surface area contributed by atoms with Gasteiger partial charge >= 0.3 is 0 Å². The summed E-state index contributed by atoms with van der Waals surface area (Å²) in [7, 11) is 0. The van der Waals surface area contributed by atoms with Crippen molar-refractivity contribution < 1.29 is 4.74 Å².